The Balaban J connectivity index is 0.00000168. The van der Waals surface area contributed by atoms with Crippen molar-refractivity contribution in [1.82, 2.24) is 0 Å². The fourth-order valence-electron chi connectivity index (χ4n) is 6.86. The summed E-state index contributed by atoms with van der Waals surface area (Å²) in [6, 6.07) is 27.5. The second-order valence-corrected chi connectivity index (χ2v) is 16.1. The summed E-state index contributed by atoms with van der Waals surface area (Å²) in [4.78, 5) is 0. The number of hydrogen-bond donors (Lipinski definition) is 0. The number of aryl methyl sites for hydroxylation is 1. The predicted octanol–water partition coefficient (Wildman–Crippen LogP) is 7.73. The summed E-state index contributed by atoms with van der Waals surface area (Å²) in [7, 11) is -1.18. The van der Waals surface area contributed by atoms with Crippen LogP contribution in [0.25, 0.3) is 0 Å². The van der Waals surface area contributed by atoms with Crippen molar-refractivity contribution in [2.45, 2.75) is 66.2 Å². The van der Waals surface area contributed by atoms with Crippen LogP contribution < -0.4 is 35.4 Å². The monoisotopic (exact) mass is 624 g/mol. The Hall–Kier alpha value is -2.86. The number of rotatable bonds is 10. The second kappa shape index (κ2) is 14.5. The van der Waals surface area contributed by atoms with Gasteiger partial charge in [0.05, 0.1) is 19.8 Å². The molecule has 4 aromatic carbocycles. The minimum Gasteiger partial charge on any atom is -0.492 e. The maximum Gasteiger partial charge on any atom is 0.130 e. The molecule has 44 heavy (non-hydrogen) atoms. The third-order valence-corrected chi connectivity index (χ3v) is 14.3. The van der Waals surface area contributed by atoms with Crippen LogP contribution in [0.4, 0.5) is 0 Å². The van der Waals surface area contributed by atoms with Gasteiger partial charge in [0, 0.05) is 35.2 Å². The van der Waals surface area contributed by atoms with E-state index in [4.69, 9.17) is 14.2 Å². The molecule has 3 heterocycles. The number of ether oxygens (including phenoxy) is 3. The molecule has 0 amide bonds. The highest BCUT2D eigenvalue weighted by atomic mass is 31.1. The van der Waals surface area contributed by atoms with Crippen LogP contribution in [0.1, 0.15) is 61.4 Å². The SMILES string of the molecule is CC.CCCc1cccc(P(CCCP(c2cccc3c2OCC3)c2cccc3c2OCC3)c2cccc3c2OCC3)c1C. The topological polar surface area (TPSA) is 27.7 Å². The van der Waals surface area contributed by atoms with Gasteiger partial charge in [-0.15, -0.1) is 0 Å². The van der Waals surface area contributed by atoms with Gasteiger partial charge in [-0.2, -0.15) is 0 Å². The fourth-order valence-corrected chi connectivity index (χ4v) is 12.5. The van der Waals surface area contributed by atoms with Crippen molar-refractivity contribution in [2.75, 3.05) is 32.1 Å². The van der Waals surface area contributed by atoms with Crippen LogP contribution in [-0.2, 0) is 25.7 Å². The van der Waals surface area contributed by atoms with Gasteiger partial charge >= 0.3 is 0 Å². The molecule has 3 aliphatic rings. The van der Waals surface area contributed by atoms with Crippen LogP contribution in [0, 0.1) is 6.92 Å². The summed E-state index contributed by atoms with van der Waals surface area (Å²) in [5.41, 5.74) is 7.06. The lowest BCUT2D eigenvalue weighted by Gasteiger charge is -2.26. The highest BCUT2D eigenvalue weighted by Gasteiger charge is 2.30. The van der Waals surface area contributed by atoms with E-state index < -0.39 is 15.8 Å². The molecule has 3 nitrogen and oxygen atoms in total. The van der Waals surface area contributed by atoms with Crippen molar-refractivity contribution in [3.63, 3.8) is 0 Å². The summed E-state index contributed by atoms with van der Waals surface area (Å²) in [5.74, 6) is 3.44. The molecular weight excluding hydrogens is 578 g/mol. The van der Waals surface area contributed by atoms with E-state index >= 15 is 0 Å². The second-order valence-electron chi connectivity index (χ2n) is 11.6. The molecule has 5 heteroatoms. The molecule has 0 aromatic heterocycles. The van der Waals surface area contributed by atoms with E-state index in [1.54, 1.807) is 0 Å². The highest BCUT2D eigenvalue weighted by Crippen LogP contribution is 2.47. The van der Waals surface area contributed by atoms with E-state index in [1.807, 2.05) is 13.8 Å². The van der Waals surface area contributed by atoms with E-state index in [2.05, 4.69) is 86.6 Å². The zero-order chi connectivity index (χ0) is 30.5. The lowest BCUT2D eigenvalue weighted by molar-refractivity contribution is 0.358. The quantitative estimate of drug-likeness (QED) is 0.169. The van der Waals surface area contributed by atoms with Crippen LogP contribution in [-0.4, -0.2) is 32.1 Å². The first kappa shape index (κ1) is 31.1. The predicted molar refractivity (Wildman–Crippen MR) is 190 cm³/mol. The van der Waals surface area contributed by atoms with E-state index in [1.165, 1.54) is 55.5 Å². The summed E-state index contributed by atoms with van der Waals surface area (Å²) < 4.78 is 18.9. The van der Waals surface area contributed by atoms with Crippen molar-refractivity contribution >= 4 is 37.1 Å². The smallest absolute Gasteiger partial charge is 0.130 e. The number of fused-ring (bicyclic) bond motifs is 3. The van der Waals surface area contributed by atoms with Crippen molar-refractivity contribution in [2.24, 2.45) is 0 Å². The molecule has 0 saturated carbocycles. The van der Waals surface area contributed by atoms with Crippen molar-refractivity contribution in [3.05, 3.63) is 101 Å². The zero-order valence-corrected chi connectivity index (χ0v) is 28.6. The van der Waals surface area contributed by atoms with Gasteiger partial charge in [0.25, 0.3) is 0 Å². The van der Waals surface area contributed by atoms with Gasteiger partial charge in [0.15, 0.2) is 0 Å². The molecule has 1 unspecified atom stereocenters. The van der Waals surface area contributed by atoms with E-state index in [0.717, 1.165) is 81.5 Å². The third kappa shape index (κ3) is 6.16. The van der Waals surface area contributed by atoms with E-state index in [0.29, 0.717) is 0 Å². The summed E-state index contributed by atoms with van der Waals surface area (Å²) in [6.45, 7) is 11.0. The summed E-state index contributed by atoms with van der Waals surface area (Å²) in [6.07, 6.45) is 8.75. The van der Waals surface area contributed by atoms with Crippen LogP contribution >= 0.6 is 15.8 Å². The van der Waals surface area contributed by atoms with Crippen LogP contribution in [0.5, 0.6) is 17.2 Å². The standard InChI is InChI=1S/C37H40O3P2.C2H6/c1-3-9-27-10-4-14-31(26(27)2)41(32-15-5-11-28-18-21-38-35(28)32)24-8-25-42(33-16-6-12-29-19-22-39-36(29)33)34-17-7-13-30-20-23-40-37(30)34;1-2/h4-7,10-17H,3,8-9,18-25H2,1-2H3;1-2H3. The number of hydrogen-bond acceptors (Lipinski definition) is 3. The van der Waals surface area contributed by atoms with Crippen molar-refractivity contribution in [3.8, 4) is 17.2 Å². The Morgan fingerprint density at radius 2 is 0.977 bits per heavy atom. The highest BCUT2D eigenvalue weighted by molar-refractivity contribution is 7.74. The maximum atomic E-state index is 6.30. The molecule has 3 aliphatic heterocycles. The minimum absolute atomic E-state index is 0.557. The molecule has 0 aliphatic carbocycles. The van der Waals surface area contributed by atoms with Gasteiger partial charge in [0.2, 0.25) is 0 Å². The Labute approximate surface area is 266 Å². The normalized spacial score (nSPS) is 14.9. The van der Waals surface area contributed by atoms with Gasteiger partial charge in [-0.3, -0.25) is 0 Å². The zero-order valence-electron chi connectivity index (χ0n) is 26.8. The first-order chi connectivity index (χ1) is 21.7. The average Bonchev–Trinajstić information content (AvgIpc) is 3.84. The first-order valence-electron chi connectivity index (χ1n) is 16.6. The van der Waals surface area contributed by atoms with E-state index in [-0.39, 0.29) is 0 Å². The minimum atomic E-state index is -0.621. The molecule has 0 fully saturated rings. The first-order valence-corrected chi connectivity index (χ1v) is 19.7. The third-order valence-electron chi connectivity index (χ3n) is 8.94. The molecule has 7 rings (SSSR count). The van der Waals surface area contributed by atoms with Gasteiger partial charge in [-0.1, -0.05) is 100.0 Å². The number of benzene rings is 4. The summed E-state index contributed by atoms with van der Waals surface area (Å²) in [5, 5.41) is 5.72. The molecular formula is C39H46O3P2. The molecule has 0 saturated heterocycles. The van der Waals surface area contributed by atoms with Crippen molar-refractivity contribution < 1.29 is 14.2 Å². The van der Waals surface area contributed by atoms with Gasteiger partial charge in [-0.05, 0) is 81.1 Å². The molecule has 230 valence electrons. The Morgan fingerprint density at radius 1 is 0.568 bits per heavy atom. The molecule has 0 bridgehead atoms. The Bertz CT molecular complexity index is 1540. The molecule has 0 N–H and O–H groups in total. The molecule has 4 aromatic rings. The van der Waals surface area contributed by atoms with Gasteiger partial charge in [0.1, 0.15) is 17.2 Å². The lowest BCUT2D eigenvalue weighted by atomic mass is 10.0. The van der Waals surface area contributed by atoms with Crippen LogP contribution in [0.2, 0.25) is 0 Å². The lowest BCUT2D eigenvalue weighted by Crippen LogP contribution is -2.21. The van der Waals surface area contributed by atoms with Gasteiger partial charge < -0.3 is 14.2 Å². The Kier molecular flexibility index (Phi) is 10.3. The Morgan fingerprint density at radius 3 is 1.43 bits per heavy atom. The molecule has 0 radical (unpaired) electrons. The van der Waals surface area contributed by atoms with Gasteiger partial charge in [-0.25, -0.2) is 0 Å². The van der Waals surface area contributed by atoms with Crippen LogP contribution in [0.3, 0.4) is 0 Å². The molecule has 0 spiro atoms. The molecule has 1 atom stereocenters. The van der Waals surface area contributed by atoms with Crippen LogP contribution in [0.15, 0.2) is 72.8 Å². The summed E-state index contributed by atoms with van der Waals surface area (Å²) >= 11 is 0. The average molecular weight is 625 g/mol. The maximum absolute atomic E-state index is 6.30. The van der Waals surface area contributed by atoms with E-state index in [9.17, 15) is 0 Å². The largest absolute Gasteiger partial charge is 0.492 e. The fraction of sp³-hybridized carbons (Fsp3) is 0.385. The number of para-hydroxylation sites is 3. The van der Waals surface area contributed by atoms with Crippen molar-refractivity contribution in [1.29, 1.82) is 0 Å².